The van der Waals surface area contributed by atoms with E-state index >= 15 is 0 Å². The van der Waals surface area contributed by atoms with E-state index in [9.17, 15) is 4.79 Å². The van der Waals surface area contributed by atoms with Gasteiger partial charge in [-0.1, -0.05) is 25.3 Å². The number of carbonyl (C=O) groups excluding carboxylic acids is 1. The van der Waals surface area contributed by atoms with Crippen LogP contribution in [0.1, 0.15) is 32.1 Å². The molecule has 0 aliphatic heterocycles. The standard InChI is InChI=1S/C18H23N5O2/c1-25-15-9-5-8-14(12-15)19-16-10-11-17(23-22-16)21-18(24)20-13-6-3-2-4-7-13/h5,8-13H,2-4,6-7H2,1H3,(H,19,22)(H2,20,21,23,24). The number of amides is 2. The van der Waals surface area contributed by atoms with Crippen molar-refractivity contribution in [1.82, 2.24) is 15.5 Å². The molecular weight excluding hydrogens is 318 g/mol. The van der Waals surface area contributed by atoms with Crippen molar-refractivity contribution in [1.29, 1.82) is 0 Å². The maximum absolute atomic E-state index is 12.0. The van der Waals surface area contributed by atoms with Crippen LogP contribution in [0.5, 0.6) is 5.75 Å². The van der Waals surface area contributed by atoms with Crippen molar-refractivity contribution < 1.29 is 9.53 Å². The molecule has 0 atom stereocenters. The van der Waals surface area contributed by atoms with E-state index in [2.05, 4.69) is 26.1 Å². The first-order chi connectivity index (χ1) is 12.2. The molecule has 1 fully saturated rings. The minimum Gasteiger partial charge on any atom is -0.497 e. The number of nitrogens with one attached hydrogen (secondary N) is 3. The number of anilines is 3. The molecule has 3 rings (SSSR count). The highest BCUT2D eigenvalue weighted by Gasteiger charge is 2.15. The first-order valence-corrected chi connectivity index (χ1v) is 8.55. The highest BCUT2D eigenvalue weighted by atomic mass is 16.5. The fraction of sp³-hybridized carbons (Fsp3) is 0.389. The van der Waals surface area contributed by atoms with Crippen molar-refractivity contribution in [2.24, 2.45) is 0 Å². The quantitative estimate of drug-likeness (QED) is 0.772. The molecule has 0 unspecified atom stereocenters. The Kier molecular flexibility index (Phi) is 5.66. The van der Waals surface area contributed by atoms with Gasteiger partial charge in [-0.05, 0) is 37.1 Å². The number of nitrogens with zero attached hydrogens (tertiary/aromatic N) is 2. The zero-order valence-corrected chi connectivity index (χ0v) is 14.3. The first-order valence-electron chi connectivity index (χ1n) is 8.55. The van der Waals surface area contributed by atoms with Gasteiger partial charge in [0.1, 0.15) is 5.75 Å². The molecule has 1 aromatic heterocycles. The monoisotopic (exact) mass is 341 g/mol. The zero-order chi connectivity index (χ0) is 17.5. The molecule has 2 amide bonds. The molecule has 2 aromatic rings. The highest BCUT2D eigenvalue weighted by molar-refractivity contribution is 5.88. The van der Waals surface area contributed by atoms with Gasteiger partial charge in [0.25, 0.3) is 0 Å². The first kappa shape index (κ1) is 17.0. The molecule has 7 nitrogen and oxygen atoms in total. The van der Waals surface area contributed by atoms with Gasteiger partial charge in [-0.2, -0.15) is 0 Å². The van der Waals surface area contributed by atoms with E-state index in [0.717, 1.165) is 24.3 Å². The Morgan fingerprint density at radius 1 is 1.08 bits per heavy atom. The van der Waals surface area contributed by atoms with E-state index in [1.807, 2.05) is 24.3 Å². The SMILES string of the molecule is COc1cccc(Nc2ccc(NC(=O)NC3CCCCC3)nn2)c1. The highest BCUT2D eigenvalue weighted by Crippen LogP contribution is 2.20. The molecule has 25 heavy (non-hydrogen) atoms. The van der Waals surface area contributed by atoms with Gasteiger partial charge in [0.2, 0.25) is 0 Å². The lowest BCUT2D eigenvalue weighted by molar-refractivity contribution is 0.244. The minimum atomic E-state index is -0.227. The van der Waals surface area contributed by atoms with Gasteiger partial charge in [-0.25, -0.2) is 4.79 Å². The van der Waals surface area contributed by atoms with Crippen LogP contribution in [0.25, 0.3) is 0 Å². The summed E-state index contributed by atoms with van der Waals surface area (Å²) in [6.45, 7) is 0. The summed E-state index contributed by atoms with van der Waals surface area (Å²) in [5.74, 6) is 1.77. The Bertz CT molecular complexity index is 699. The molecule has 1 aromatic carbocycles. The molecule has 132 valence electrons. The average molecular weight is 341 g/mol. The maximum atomic E-state index is 12.0. The van der Waals surface area contributed by atoms with E-state index in [1.165, 1.54) is 19.3 Å². The number of hydrogen-bond acceptors (Lipinski definition) is 5. The van der Waals surface area contributed by atoms with Gasteiger partial charge in [-0.15, -0.1) is 10.2 Å². The van der Waals surface area contributed by atoms with Crippen molar-refractivity contribution in [2.45, 2.75) is 38.1 Å². The molecule has 1 aliphatic carbocycles. The Morgan fingerprint density at radius 3 is 2.56 bits per heavy atom. The Balaban J connectivity index is 1.53. The smallest absolute Gasteiger partial charge is 0.320 e. The summed E-state index contributed by atoms with van der Waals surface area (Å²) >= 11 is 0. The van der Waals surface area contributed by atoms with Crippen molar-refractivity contribution in [2.75, 3.05) is 17.7 Å². The van der Waals surface area contributed by atoms with Crippen LogP contribution < -0.4 is 20.7 Å². The number of rotatable bonds is 5. The fourth-order valence-electron chi connectivity index (χ4n) is 2.90. The molecule has 3 N–H and O–H groups in total. The third-order valence-corrected chi connectivity index (χ3v) is 4.19. The van der Waals surface area contributed by atoms with Gasteiger partial charge in [0.05, 0.1) is 7.11 Å². The molecule has 1 saturated carbocycles. The van der Waals surface area contributed by atoms with Crippen LogP contribution in [0.3, 0.4) is 0 Å². The van der Waals surface area contributed by atoms with Gasteiger partial charge < -0.3 is 15.4 Å². The summed E-state index contributed by atoms with van der Waals surface area (Å²) in [4.78, 5) is 12.0. The molecule has 1 heterocycles. The lowest BCUT2D eigenvalue weighted by Gasteiger charge is -2.22. The summed E-state index contributed by atoms with van der Waals surface area (Å²) in [7, 11) is 1.62. The number of methoxy groups -OCH3 is 1. The maximum Gasteiger partial charge on any atom is 0.320 e. The number of urea groups is 1. The normalized spacial score (nSPS) is 14.6. The van der Waals surface area contributed by atoms with Gasteiger partial charge in [0, 0.05) is 17.8 Å². The third-order valence-electron chi connectivity index (χ3n) is 4.19. The van der Waals surface area contributed by atoms with E-state index in [1.54, 1.807) is 19.2 Å². The van der Waals surface area contributed by atoms with Crippen LogP contribution in [0.2, 0.25) is 0 Å². The third kappa shape index (κ3) is 5.07. The number of carbonyl (C=O) groups is 1. The number of aromatic nitrogens is 2. The summed E-state index contributed by atoms with van der Waals surface area (Å²) in [6.07, 6.45) is 5.70. The predicted molar refractivity (Wildman–Crippen MR) is 97.3 cm³/mol. The van der Waals surface area contributed by atoms with Crippen LogP contribution in [0.15, 0.2) is 36.4 Å². The largest absolute Gasteiger partial charge is 0.497 e. The molecule has 0 saturated heterocycles. The zero-order valence-electron chi connectivity index (χ0n) is 14.3. The van der Waals surface area contributed by atoms with Crippen LogP contribution >= 0.6 is 0 Å². The number of hydrogen-bond donors (Lipinski definition) is 3. The van der Waals surface area contributed by atoms with Crippen molar-refractivity contribution in [3.8, 4) is 5.75 Å². The van der Waals surface area contributed by atoms with Gasteiger partial charge in [0.15, 0.2) is 11.6 Å². The van der Waals surface area contributed by atoms with Gasteiger partial charge in [-0.3, -0.25) is 5.32 Å². The van der Waals surface area contributed by atoms with E-state index in [4.69, 9.17) is 4.74 Å². The second-order valence-electron chi connectivity index (χ2n) is 6.09. The summed E-state index contributed by atoms with van der Waals surface area (Å²) in [5.41, 5.74) is 0.851. The van der Waals surface area contributed by atoms with Crippen LogP contribution in [0, 0.1) is 0 Å². The van der Waals surface area contributed by atoms with E-state index < -0.39 is 0 Å². The second kappa shape index (κ2) is 8.32. The topological polar surface area (TPSA) is 88.2 Å². The van der Waals surface area contributed by atoms with E-state index in [-0.39, 0.29) is 12.1 Å². The Hall–Kier alpha value is -2.83. The second-order valence-corrected chi connectivity index (χ2v) is 6.09. The van der Waals surface area contributed by atoms with Crippen LogP contribution in [-0.4, -0.2) is 29.4 Å². The number of ether oxygens (including phenoxy) is 1. The molecule has 1 aliphatic rings. The molecule has 0 radical (unpaired) electrons. The molecule has 0 spiro atoms. The van der Waals surface area contributed by atoms with Crippen molar-refractivity contribution >= 4 is 23.4 Å². The average Bonchev–Trinajstić information content (AvgIpc) is 2.64. The lowest BCUT2D eigenvalue weighted by Crippen LogP contribution is -2.39. The van der Waals surface area contributed by atoms with Crippen molar-refractivity contribution in [3.63, 3.8) is 0 Å². The number of benzene rings is 1. The summed E-state index contributed by atoms with van der Waals surface area (Å²) in [5, 5.41) is 17.0. The fourth-order valence-corrected chi connectivity index (χ4v) is 2.90. The summed E-state index contributed by atoms with van der Waals surface area (Å²) in [6, 6.07) is 11.1. The van der Waals surface area contributed by atoms with Crippen LogP contribution in [-0.2, 0) is 0 Å². The van der Waals surface area contributed by atoms with E-state index in [0.29, 0.717) is 11.6 Å². The molecule has 7 heteroatoms. The van der Waals surface area contributed by atoms with Crippen LogP contribution in [0.4, 0.5) is 22.1 Å². The van der Waals surface area contributed by atoms with Gasteiger partial charge >= 0.3 is 6.03 Å². The summed E-state index contributed by atoms with van der Waals surface area (Å²) < 4.78 is 5.19. The molecule has 0 bridgehead atoms. The molecular formula is C18H23N5O2. The minimum absolute atomic E-state index is 0.227. The van der Waals surface area contributed by atoms with Crippen molar-refractivity contribution in [3.05, 3.63) is 36.4 Å². The lowest BCUT2D eigenvalue weighted by atomic mass is 9.96. The predicted octanol–water partition coefficient (Wildman–Crippen LogP) is 3.68. The Morgan fingerprint density at radius 2 is 1.84 bits per heavy atom. The Labute approximate surface area is 147 Å².